The summed E-state index contributed by atoms with van der Waals surface area (Å²) < 4.78 is 10.8. The molecule has 0 fully saturated rings. The van der Waals surface area contributed by atoms with Gasteiger partial charge in [-0.3, -0.25) is 4.79 Å². The third kappa shape index (κ3) is 2.97. The molecule has 0 aliphatic rings. The lowest BCUT2D eigenvalue weighted by Gasteiger charge is -2.11. The van der Waals surface area contributed by atoms with Crippen LogP contribution < -0.4 is 10.3 Å². The van der Waals surface area contributed by atoms with Gasteiger partial charge in [-0.25, -0.2) is 4.98 Å². The van der Waals surface area contributed by atoms with E-state index in [4.69, 9.17) is 21.1 Å². The molecule has 20 heavy (non-hydrogen) atoms. The second-order valence-corrected chi connectivity index (χ2v) is 5.41. The number of aromatic amines is 1. The summed E-state index contributed by atoms with van der Waals surface area (Å²) in [4.78, 5) is 19.1. The molecule has 1 heterocycles. The Morgan fingerprint density at radius 1 is 1.40 bits per heavy atom. The van der Waals surface area contributed by atoms with Crippen molar-refractivity contribution in [1.82, 2.24) is 9.97 Å². The lowest BCUT2D eigenvalue weighted by molar-refractivity contribution is 0.180. The minimum Gasteiger partial charge on any atom is -0.496 e. The second kappa shape index (κ2) is 6.55. The molecule has 0 bridgehead atoms. The summed E-state index contributed by atoms with van der Waals surface area (Å²) in [5.74, 6) is 0.912. The number of hydrogen-bond donors (Lipinski definition) is 1. The first-order valence-corrected chi connectivity index (χ1v) is 7.14. The summed E-state index contributed by atoms with van der Waals surface area (Å²) in [6, 6.07) is 5.24. The fourth-order valence-corrected chi connectivity index (χ4v) is 2.43. The number of rotatable bonds is 4. The van der Waals surface area contributed by atoms with Gasteiger partial charge < -0.3 is 14.5 Å². The molecule has 0 aliphatic carbocycles. The standard InChI is InChI=1S/C13H12ClIN2O3/c1-19-6-8-11(15)13(18)17-12(16-8)10-7(14)4-3-5-9(10)20-2/h3-5H,6H2,1-2H3,(H,16,17,18). The van der Waals surface area contributed by atoms with Crippen LogP contribution in [0.4, 0.5) is 0 Å². The molecule has 0 saturated heterocycles. The molecule has 7 heteroatoms. The molecule has 1 aromatic carbocycles. The average Bonchev–Trinajstić information content (AvgIpc) is 2.43. The van der Waals surface area contributed by atoms with E-state index in [1.165, 1.54) is 7.11 Å². The number of methoxy groups -OCH3 is 2. The highest BCUT2D eigenvalue weighted by Gasteiger charge is 2.16. The Kier molecular flexibility index (Phi) is 5.00. The van der Waals surface area contributed by atoms with Crippen LogP contribution in [0.2, 0.25) is 5.02 Å². The van der Waals surface area contributed by atoms with Crippen molar-refractivity contribution in [3.05, 3.63) is 42.8 Å². The Bertz CT molecular complexity index is 688. The van der Waals surface area contributed by atoms with Crippen molar-refractivity contribution in [1.29, 1.82) is 0 Å². The van der Waals surface area contributed by atoms with Crippen LogP contribution in [-0.4, -0.2) is 24.2 Å². The largest absolute Gasteiger partial charge is 0.496 e. The van der Waals surface area contributed by atoms with E-state index in [0.29, 0.717) is 31.4 Å². The summed E-state index contributed by atoms with van der Waals surface area (Å²) in [7, 11) is 3.09. The molecule has 0 atom stereocenters. The number of nitrogens with zero attached hydrogens (tertiary/aromatic N) is 1. The van der Waals surface area contributed by atoms with Gasteiger partial charge in [0.05, 0.1) is 30.0 Å². The van der Waals surface area contributed by atoms with Gasteiger partial charge in [-0.15, -0.1) is 0 Å². The molecule has 2 rings (SSSR count). The number of benzene rings is 1. The lowest BCUT2D eigenvalue weighted by Crippen LogP contribution is -2.17. The number of H-pyrrole nitrogens is 1. The Balaban J connectivity index is 2.68. The van der Waals surface area contributed by atoms with Crippen molar-refractivity contribution in [3.8, 4) is 17.1 Å². The maximum Gasteiger partial charge on any atom is 0.264 e. The highest BCUT2D eigenvalue weighted by atomic mass is 127. The van der Waals surface area contributed by atoms with E-state index < -0.39 is 0 Å². The SMILES string of the molecule is COCc1nc(-c2c(Cl)cccc2OC)[nH]c(=O)c1I. The van der Waals surface area contributed by atoms with Crippen molar-refractivity contribution in [3.63, 3.8) is 0 Å². The molecular weight excluding hydrogens is 395 g/mol. The van der Waals surface area contributed by atoms with Gasteiger partial charge in [0.2, 0.25) is 0 Å². The van der Waals surface area contributed by atoms with Crippen LogP contribution in [0.3, 0.4) is 0 Å². The van der Waals surface area contributed by atoms with Gasteiger partial charge in [-0.1, -0.05) is 17.7 Å². The van der Waals surface area contributed by atoms with E-state index >= 15 is 0 Å². The minimum atomic E-state index is -0.232. The summed E-state index contributed by atoms with van der Waals surface area (Å²) >= 11 is 8.13. The normalized spacial score (nSPS) is 10.6. The predicted octanol–water partition coefficient (Wildman–Crippen LogP) is 2.85. The number of hydrogen-bond acceptors (Lipinski definition) is 4. The maximum atomic E-state index is 12.0. The minimum absolute atomic E-state index is 0.232. The highest BCUT2D eigenvalue weighted by molar-refractivity contribution is 14.1. The van der Waals surface area contributed by atoms with Gasteiger partial charge in [-0.05, 0) is 34.7 Å². The Morgan fingerprint density at radius 3 is 2.80 bits per heavy atom. The molecule has 0 amide bonds. The van der Waals surface area contributed by atoms with Crippen molar-refractivity contribution in [2.75, 3.05) is 14.2 Å². The van der Waals surface area contributed by atoms with Crippen LogP contribution in [0, 0.1) is 3.57 Å². The predicted molar refractivity (Wildman–Crippen MR) is 85.3 cm³/mol. The molecule has 0 spiro atoms. The molecule has 1 aromatic heterocycles. The zero-order valence-electron chi connectivity index (χ0n) is 10.9. The first-order chi connectivity index (χ1) is 9.58. The molecule has 5 nitrogen and oxygen atoms in total. The van der Waals surface area contributed by atoms with Gasteiger partial charge in [0.15, 0.2) is 0 Å². The molecule has 0 radical (unpaired) electrons. The van der Waals surface area contributed by atoms with Gasteiger partial charge in [0.25, 0.3) is 5.56 Å². The summed E-state index contributed by atoms with van der Waals surface area (Å²) in [6.45, 7) is 0.252. The van der Waals surface area contributed by atoms with E-state index in [1.54, 1.807) is 25.3 Å². The zero-order valence-corrected chi connectivity index (χ0v) is 13.8. The average molecular weight is 407 g/mol. The monoisotopic (exact) mass is 406 g/mol. The molecule has 2 aromatic rings. The van der Waals surface area contributed by atoms with Crippen LogP contribution in [0.15, 0.2) is 23.0 Å². The third-order valence-electron chi connectivity index (χ3n) is 2.64. The number of nitrogens with one attached hydrogen (secondary N) is 1. The molecule has 0 aliphatic heterocycles. The van der Waals surface area contributed by atoms with E-state index in [2.05, 4.69) is 9.97 Å². The van der Waals surface area contributed by atoms with E-state index in [9.17, 15) is 4.79 Å². The molecule has 0 unspecified atom stereocenters. The van der Waals surface area contributed by atoms with Crippen LogP contribution in [-0.2, 0) is 11.3 Å². The number of halogens is 2. The van der Waals surface area contributed by atoms with Crippen LogP contribution in [0.5, 0.6) is 5.75 Å². The van der Waals surface area contributed by atoms with Gasteiger partial charge in [-0.2, -0.15) is 0 Å². The molecule has 1 N–H and O–H groups in total. The third-order valence-corrected chi connectivity index (χ3v) is 4.07. The van der Waals surface area contributed by atoms with Crippen molar-refractivity contribution >= 4 is 34.2 Å². The first-order valence-electron chi connectivity index (χ1n) is 5.69. The lowest BCUT2D eigenvalue weighted by atomic mass is 10.2. The Morgan fingerprint density at radius 2 is 2.15 bits per heavy atom. The molecule has 106 valence electrons. The van der Waals surface area contributed by atoms with Crippen molar-refractivity contribution in [2.45, 2.75) is 6.61 Å². The van der Waals surface area contributed by atoms with Crippen LogP contribution >= 0.6 is 34.2 Å². The fourth-order valence-electron chi connectivity index (χ4n) is 1.76. The molecular formula is C13H12ClIN2O3. The summed E-state index contributed by atoms with van der Waals surface area (Å²) in [5.41, 5.74) is 0.890. The van der Waals surface area contributed by atoms with E-state index in [0.717, 1.165) is 0 Å². The van der Waals surface area contributed by atoms with Gasteiger partial charge >= 0.3 is 0 Å². The van der Waals surface area contributed by atoms with E-state index in [1.807, 2.05) is 22.6 Å². The van der Waals surface area contributed by atoms with Crippen LogP contribution in [0.1, 0.15) is 5.69 Å². The maximum absolute atomic E-state index is 12.0. The Labute approximate surface area is 134 Å². The number of ether oxygens (including phenoxy) is 2. The second-order valence-electron chi connectivity index (χ2n) is 3.93. The van der Waals surface area contributed by atoms with E-state index in [-0.39, 0.29) is 12.2 Å². The smallest absolute Gasteiger partial charge is 0.264 e. The number of aromatic nitrogens is 2. The first kappa shape index (κ1) is 15.3. The fraction of sp³-hybridized carbons (Fsp3) is 0.231. The van der Waals surface area contributed by atoms with Crippen molar-refractivity contribution in [2.24, 2.45) is 0 Å². The quantitative estimate of drug-likeness (QED) is 0.793. The van der Waals surface area contributed by atoms with Crippen molar-refractivity contribution < 1.29 is 9.47 Å². The van der Waals surface area contributed by atoms with Gasteiger partial charge in [0.1, 0.15) is 15.1 Å². The van der Waals surface area contributed by atoms with Crippen LogP contribution in [0.25, 0.3) is 11.4 Å². The topological polar surface area (TPSA) is 64.2 Å². The Hall–Kier alpha value is -1.12. The summed E-state index contributed by atoms with van der Waals surface area (Å²) in [5, 5.41) is 0.456. The van der Waals surface area contributed by atoms with Gasteiger partial charge in [0, 0.05) is 7.11 Å². The molecule has 0 saturated carbocycles. The highest BCUT2D eigenvalue weighted by Crippen LogP contribution is 2.34. The zero-order chi connectivity index (χ0) is 14.7. The summed E-state index contributed by atoms with van der Waals surface area (Å²) in [6.07, 6.45) is 0.